The van der Waals surface area contributed by atoms with E-state index in [0.717, 1.165) is 30.5 Å². The van der Waals surface area contributed by atoms with E-state index >= 15 is 0 Å². The maximum atomic E-state index is 11.9. The molecule has 0 radical (unpaired) electrons. The Hall–Kier alpha value is -1.35. The number of carboxylic acids is 1. The Labute approximate surface area is 115 Å². The second kappa shape index (κ2) is 4.97. The molecule has 0 bridgehead atoms. The van der Waals surface area contributed by atoms with Gasteiger partial charge >= 0.3 is 5.97 Å². The highest BCUT2D eigenvalue weighted by atomic mass is 16.4. The zero-order chi connectivity index (χ0) is 14.1. The summed E-state index contributed by atoms with van der Waals surface area (Å²) in [6.45, 7) is 7.16. The highest BCUT2D eigenvalue weighted by molar-refractivity contribution is 5.82. The fourth-order valence-electron chi connectivity index (χ4n) is 3.03. The van der Waals surface area contributed by atoms with Crippen molar-refractivity contribution in [3.05, 3.63) is 35.4 Å². The molecule has 0 amide bonds. The van der Waals surface area contributed by atoms with Gasteiger partial charge in [0.2, 0.25) is 0 Å². The molecule has 1 aliphatic rings. The van der Waals surface area contributed by atoms with Gasteiger partial charge in [0, 0.05) is 0 Å². The smallest absolute Gasteiger partial charge is 0.328 e. The van der Waals surface area contributed by atoms with E-state index in [1.165, 1.54) is 0 Å². The third-order valence-corrected chi connectivity index (χ3v) is 4.28. The van der Waals surface area contributed by atoms with Crippen molar-refractivity contribution in [3.63, 3.8) is 0 Å². The Morgan fingerprint density at radius 3 is 2.47 bits per heavy atom. The molecule has 0 aromatic heterocycles. The van der Waals surface area contributed by atoms with E-state index < -0.39 is 11.5 Å². The monoisotopic (exact) mass is 261 g/mol. The molecule has 1 atom stereocenters. The number of aliphatic carboxylic acids is 1. The summed E-state index contributed by atoms with van der Waals surface area (Å²) < 4.78 is 0. The third-order valence-electron chi connectivity index (χ3n) is 4.28. The maximum absolute atomic E-state index is 11.9. The molecule has 0 saturated heterocycles. The van der Waals surface area contributed by atoms with E-state index in [9.17, 15) is 9.90 Å². The second-order valence-electron chi connectivity index (χ2n) is 6.07. The minimum atomic E-state index is -0.915. The molecule has 0 saturated carbocycles. The van der Waals surface area contributed by atoms with Crippen molar-refractivity contribution in [1.82, 2.24) is 5.32 Å². The van der Waals surface area contributed by atoms with Crippen LogP contribution in [0.5, 0.6) is 0 Å². The fourth-order valence-corrected chi connectivity index (χ4v) is 3.03. The van der Waals surface area contributed by atoms with Crippen LogP contribution in [0.1, 0.15) is 51.2 Å². The number of benzene rings is 1. The van der Waals surface area contributed by atoms with Crippen LogP contribution in [0.4, 0.5) is 0 Å². The first-order valence-electron chi connectivity index (χ1n) is 7.02. The second-order valence-corrected chi connectivity index (χ2v) is 6.07. The van der Waals surface area contributed by atoms with Gasteiger partial charge in [0.05, 0.1) is 0 Å². The molecule has 0 aliphatic heterocycles. The molecule has 2 N–H and O–H groups in total. The van der Waals surface area contributed by atoms with Gasteiger partial charge in [-0.2, -0.15) is 0 Å². The Morgan fingerprint density at radius 2 is 1.89 bits per heavy atom. The van der Waals surface area contributed by atoms with E-state index in [-0.39, 0.29) is 5.41 Å². The predicted molar refractivity (Wildman–Crippen MR) is 76.3 cm³/mol. The molecular weight excluding hydrogens is 238 g/mol. The Kier molecular flexibility index (Phi) is 3.68. The lowest BCUT2D eigenvalue weighted by Crippen LogP contribution is -2.53. The van der Waals surface area contributed by atoms with Crippen LogP contribution < -0.4 is 5.32 Å². The van der Waals surface area contributed by atoms with E-state index in [4.69, 9.17) is 0 Å². The van der Waals surface area contributed by atoms with Crippen molar-refractivity contribution >= 4 is 5.97 Å². The SMILES string of the molecule is CCCNC1(C(=O)O)CCC(C)(C)c2ccccc21. The van der Waals surface area contributed by atoms with Gasteiger partial charge in [0.25, 0.3) is 0 Å². The fraction of sp³-hybridized carbons (Fsp3) is 0.562. The summed E-state index contributed by atoms with van der Waals surface area (Å²) in [5.74, 6) is -0.760. The number of hydrogen-bond acceptors (Lipinski definition) is 2. The summed E-state index contributed by atoms with van der Waals surface area (Å²) in [7, 11) is 0. The van der Waals surface area contributed by atoms with Crippen LogP contribution in [0.15, 0.2) is 24.3 Å². The largest absolute Gasteiger partial charge is 0.480 e. The first-order chi connectivity index (χ1) is 8.94. The van der Waals surface area contributed by atoms with Crippen LogP contribution in [0.25, 0.3) is 0 Å². The third kappa shape index (κ3) is 2.27. The zero-order valence-electron chi connectivity index (χ0n) is 12.0. The molecule has 0 spiro atoms. The molecule has 19 heavy (non-hydrogen) atoms. The lowest BCUT2D eigenvalue weighted by molar-refractivity contribution is -0.146. The van der Waals surface area contributed by atoms with Gasteiger partial charge in [-0.05, 0) is 42.3 Å². The molecule has 2 rings (SSSR count). The van der Waals surface area contributed by atoms with Crippen LogP contribution in [0.3, 0.4) is 0 Å². The summed E-state index contributed by atoms with van der Waals surface area (Å²) in [5, 5.41) is 13.0. The molecule has 3 nitrogen and oxygen atoms in total. The number of nitrogens with one attached hydrogen (secondary N) is 1. The predicted octanol–water partition coefficient (Wildman–Crippen LogP) is 3.04. The van der Waals surface area contributed by atoms with Crippen LogP contribution in [-0.2, 0) is 15.7 Å². The van der Waals surface area contributed by atoms with E-state index in [0.29, 0.717) is 6.42 Å². The highest BCUT2D eigenvalue weighted by Gasteiger charge is 2.47. The Bertz CT molecular complexity index is 481. The molecule has 0 heterocycles. The molecule has 3 heteroatoms. The van der Waals surface area contributed by atoms with Crippen LogP contribution >= 0.6 is 0 Å². The summed E-state index contributed by atoms with van der Waals surface area (Å²) in [6, 6.07) is 7.97. The summed E-state index contributed by atoms with van der Waals surface area (Å²) in [4.78, 5) is 11.9. The molecule has 1 unspecified atom stereocenters. The zero-order valence-corrected chi connectivity index (χ0v) is 12.0. The Morgan fingerprint density at radius 1 is 1.26 bits per heavy atom. The number of carbonyl (C=O) groups is 1. The minimum Gasteiger partial charge on any atom is -0.480 e. The summed E-state index contributed by atoms with van der Waals surface area (Å²) in [5.41, 5.74) is 1.23. The average Bonchev–Trinajstić information content (AvgIpc) is 2.38. The van der Waals surface area contributed by atoms with E-state index in [1.807, 2.05) is 18.2 Å². The van der Waals surface area contributed by atoms with Gasteiger partial charge in [-0.15, -0.1) is 0 Å². The van der Waals surface area contributed by atoms with E-state index in [2.05, 4.69) is 32.2 Å². The number of rotatable bonds is 4. The van der Waals surface area contributed by atoms with Crippen LogP contribution in [0.2, 0.25) is 0 Å². The van der Waals surface area contributed by atoms with Gasteiger partial charge in [-0.25, -0.2) is 4.79 Å². The van der Waals surface area contributed by atoms with Crippen molar-refractivity contribution < 1.29 is 9.90 Å². The lowest BCUT2D eigenvalue weighted by atomic mass is 9.65. The molecular formula is C16H23NO2. The quantitative estimate of drug-likeness (QED) is 0.876. The highest BCUT2D eigenvalue weighted by Crippen LogP contribution is 2.44. The molecule has 1 aromatic carbocycles. The topological polar surface area (TPSA) is 49.3 Å². The van der Waals surface area contributed by atoms with Crippen LogP contribution in [0, 0.1) is 0 Å². The molecule has 1 aliphatic carbocycles. The van der Waals surface area contributed by atoms with E-state index in [1.54, 1.807) is 0 Å². The van der Waals surface area contributed by atoms with Gasteiger partial charge in [-0.3, -0.25) is 5.32 Å². The van der Waals surface area contributed by atoms with Gasteiger partial charge in [0.15, 0.2) is 0 Å². The van der Waals surface area contributed by atoms with Crippen molar-refractivity contribution in [1.29, 1.82) is 0 Å². The van der Waals surface area contributed by atoms with Gasteiger partial charge < -0.3 is 5.11 Å². The van der Waals surface area contributed by atoms with Crippen molar-refractivity contribution in [2.45, 2.75) is 51.0 Å². The molecule has 1 aromatic rings. The van der Waals surface area contributed by atoms with Crippen LogP contribution in [-0.4, -0.2) is 17.6 Å². The first-order valence-corrected chi connectivity index (χ1v) is 7.02. The Balaban J connectivity index is 2.55. The lowest BCUT2D eigenvalue weighted by Gasteiger charge is -2.43. The summed E-state index contributed by atoms with van der Waals surface area (Å²) >= 11 is 0. The number of fused-ring (bicyclic) bond motifs is 1. The minimum absolute atomic E-state index is 0.0451. The summed E-state index contributed by atoms with van der Waals surface area (Å²) in [6.07, 6.45) is 2.46. The van der Waals surface area contributed by atoms with Crippen molar-refractivity contribution in [2.24, 2.45) is 0 Å². The van der Waals surface area contributed by atoms with Gasteiger partial charge in [0.1, 0.15) is 5.54 Å². The standard InChI is InChI=1S/C16H23NO2/c1-4-11-17-16(14(18)19)10-9-15(2,3)12-7-5-6-8-13(12)16/h5-8,17H,4,9-11H2,1-3H3,(H,18,19). The molecule has 104 valence electrons. The maximum Gasteiger partial charge on any atom is 0.328 e. The molecule has 0 fully saturated rings. The number of hydrogen-bond donors (Lipinski definition) is 2. The number of carboxylic acid groups (broad SMARTS) is 1. The average molecular weight is 261 g/mol. The first kappa shape index (κ1) is 14.1. The van der Waals surface area contributed by atoms with Crippen molar-refractivity contribution in [2.75, 3.05) is 6.54 Å². The van der Waals surface area contributed by atoms with Gasteiger partial charge in [-0.1, -0.05) is 45.0 Å². The normalized spacial score (nSPS) is 24.8. The van der Waals surface area contributed by atoms with Crippen molar-refractivity contribution in [3.8, 4) is 0 Å².